The van der Waals surface area contributed by atoms with Crippen molar-refractivity contribution in [2.45, 2.75) is 112 Å². The van der Waals surface area contributed by atoms with E-state index in [4.69, 9.17) is 0 Å². The summed E-state index contributed by atoms with van der Waals surface area (Å²) in [6, 6.07) is 0. The molecule has 3 atom stereocenters. The Kier molecular flexibility index (Phi) is 14.1. The molecule has 284 valence electrons. The van der Waals surface area contributed by atoms with Gasteiger partial charge >= 0.3 is 61.1 Å². The molecule has 0 saturated carbocycles. The standard InChI is InChI=1S/C21H24F21O4P/c1-10(4-13(25,26)19(37,38)16(31,32)7-22)44-47(43,45-11(2)5-14(27,28)20(39,40)17(33,34)8-23)46-12(3)6-15(29,30)21(41,42)18(35,36)9-24/h10-12H,4-9H2,1-3H3. The Morgan fingerprint density at radius 3 is 0.723 bits per heavy atom. The first-order valence-corrected chi connectivity index (χ1v) is 13.7. The maximum Gasteiger partial charge on any atom is 0.475 e. The molecule has 0 aromatic carbocycles. The minimum absolute atomic E-state index is 0.0708. The number of halogens is 21. The molecule has 3 unspecified atom stereocenters. The van der Waals surface area contributed by atoms with Crippen LogP contribution in [0.15, 0.2) is 0 Å². The average molecular weight is 770 g/mol. The van der Waals surface area contributed by atoms with Gasteiger partial charge in [0, 0.05) is 19.3 Å². The summed E-state index contributed by atoms with van der Waals surface area (Å²) in [6.45, 7) is -9.98. The van der Waals surface area contributed by atoms with Gasteiger partial charge in [0.1, 0.15) is 0 Å². The van der Waals surface area contributed by atoms with Crippen molar-refractivity contribution in [3.63, 3.8) is 0 Å². The van der Waals surface area contributed by atoms with E-state index >= 15 is 0 Å². The number of phosphoric ester groups is 1. The molecule has 0 aliphatic heterocycles. The molecule has 0 saturated heterocycles. The van der Waals surface area contributed by atoms with E-state index < -0.39 is 119 Å². The normalized spacial score (nSPS) is 18.6. The lowest BCUT2D eigenvalue weighted by atomic mass is 10.0. The zero-order valence-corrected chi connectivity index (χ0v) is 24.4. The monoisotopic (exact) mass is 770 g/mol. The predicted octanol–water partition coefficient (Wildman–Crippen LogP) is 10.1. The lowest BCUT2D eigenvalue weighted by molar-refractivity contribution is -0.318. The maximum atomic E-state index is 14.0. The van der Waals surface area contributed by atoms with Crippen LogP contribution in [-0.2, 0) is 18.1 Å². The van der Waals surface area contributed by atoms with Crippen LogP contribution in [0, 0.1) is 0 Å². The molecule has 0 radical (unpaired) electrons. The fourth-order valence-electron chi connectivity index (χ4n) is 3.37. The molecule has 4 nitrogen and oxygen atoms in total. The summed E-state index contributed by atoms with van der Waals surface area (Å²) < 4.78 is 307. The van der Waals surface area contributed by atoms with Gasteiger partial charge in [-0.25, -0.2) is 17.7 Å². The number of phosphoric acid groups is 1. The number of hydrogen-bond acceptors (Lipinski definition) is 4. The second-order valence-electron chi connectivity index (χ2n) is 10.2. The molecule has 47 heavy (non-hydrogen) atoms. The molecule has 0 rings (SSSR count). The van der Waals surface area contributed by atoms with Gasteiger partial charge in [-0.3, -0.25) is 13.6 Å². The van der Waals surface area contributed by atoms with E-state index in [1.54, 1.807) is 0 Å². The van der Waals surface area contributed by atoms with Crippen LogP contribution in [0.4, 0.5) is 92.2 Å². The van der Waals surface area contributed by atoms with Gasteiger partial charge in [0.25, 0.3) is 0 Å². The Hall–Kier alpha value is -1.36. The molecule has 0 heterocycles. The molecule has 0 aromatic rings. The highest BCUT2D eigenvalue weighted by Crippen LogP contribution is 2.58. The van der Waals surface area contributed by atoms with Crippen LogP contribution in [0.5, 0.6) is 0 Å². The minimum Gasteiger partial charge on any atom is -0.284 e. The van der Waals surface area contributed by atoms with Crippen LogP contribution in [0.2, 0.25) is 0 Å². The maximum absolute atomic E-state index is 14.0. The molecular weight excluding hydrogens is 746 g/mol. The highest BCUT2D eigenvalue weighted by molar-refractivity contribution is 7.48. The fourth-order valence-corrected chi connectivity index (χ4v) is 5.06. The lowest BCUT2D eigenvalue weighted by Gasteiger charge is -2.35. The number of rotatable bonds is 21. The Bertz CT molecular complexity index is 941. The van der Waals surface area contributed by atoms with Crippen LogP contribution in [-0.4, -0.2) is 91.6 Å². The van der Waals surface area contributed by atoms with Crippen molar-refractivity contribution < 1.29 is 110 Å². The van der Waals surface area contributed by atoms with E-state index in [1.165, 1.54) is 0 Å². The van der Waals surface area contributed by atoms with Gasteiger partial charge in [0.2, 0.25) is 0 Å². The predicted molar refractivity (Wildman–Crippen MR) is 116 cm³/mol. The van der Waals surface area contributed by atoms with E-state index in [0.29, 0.717) is 0 Å². The molecule has 26 heteroatoms. The summed E-state index contributed by atoms with van der Waals surface area (Å²) in [7, 11) is -6.47. The largest absolute Gasteiger partial charge is 0.475 e. The zero-order chi connectivity index (χ0) is 38.1. The number of hydrogen-bond donors (Lipinski definition) is 0. The summed E-state index contributed by atoms with van der Waals surface area (Å²) in [6.07, 6.45) is -17.4. The van der Waals surface area contributed by atoms with Crippen molar-refractivity contribution in [3.05, 3.63) is 0 Å². The Balaban J connectivity index is 6.55. The first-order valence-electron chi connectivity index (χ1n) is 12.2. The molecule has 0 aliphatic carbocycles. The third-order valence-electron chi connectivity index (χ3n) is 5.82. The SMILES string of the molecule is CC(CC(F)(F)C(F)(F)C(F)(F)CF)OP(=O)(OC(C)CC(F)(F)C(F)(F)C(F)(F)CF)OC(C)CC(F)(F)C(F)(F)C(F)(F)CF. The van der Waals surface area contributed by atoms with E-state index in [0.717, 1.165) is 0 Å². The van der Waals surface area contributed by atoms with Gasteiger partial charge in [-0.15, -0.1) is 0 Å². The average Bonchev–Trinajstić information content (AvgIpc) is 2.85. The van der Waals surface area contributed by atoms with Gasteiger partial charge in [0.15, 0.2) is 20.0 Å². The summed E-state index contributed by atoms with van der Waals surface area (Å²) >= 11 is 0. The van der Waals surface area contributed by atoms with E-state index in [2.05, 4.69) is 13.6 Å². The van der Waals surface area contributed by atoms with Crippen molar-refractivity contribution in [3.8, 4) is 0 Å². The highest BCUT2D eigenvalue weighted by atomic mass is 31.2. The first kappa shape index (κ1) is 45.6. The molecule has 0 N–H and O–H groups in total. The molecule has 0 spiro atoms. The van der Waals surface area contributed by atoms with Crippen LogP contribution < -0.4 is 0 Å². The second-order valence-corrected chi connectivity index (χ2v) is 11.7. The summed E-state index contributed by atoms with van der Waals surface area (Å²) in [4.78, 5) is 0. The molecule has 0 fully saturated rings. The van der Waals surface area contributed by atoms with Gasteiger partial charge in [-0.1, -0.05) is 0 Å². The van der Waals surface area contributed by atoms with Crippen LogP contribution >= 0.6 is 7.82 Å². The minimum atomic E-state index is -6.59. The fraction of sp³-hybridized carbons (Fsp3) is 1.00. The Morgan fingerprint density at radius 1 is 0.404 bits per heavy atom. The van der Waals surface area contributed by atoms with Gasteiger partial charge in [-0.2, -0.15) is 79.0 Å². The Labute approximate surface area is 250 Å². The van der Waals surface area contributed by atoms with Crippen molar-refractivity contribution >= 4 is 7.82 Å². The summed E-state index contributed by atoms with van der Waals surface area (Å²) in [5, 5.41) is 0. The lowest BCUT2D eigenvalue weighted by Crippen LogP contribution is -2.56. The topological polar surface area (TPSA) is 44.8 Å². The Morgan fingerprint density at radius 2 is 0.574 bits per heavy atom. The van der Waals surface area contributed by atoms with Crippen LogP contribution in [0.1, 0.15) is 40.0 Å². The zero-order valence-electron chi connectivity index (χ0n) is 23.5. The van der Waals surface area contributed by atoms with Crippen molar-refractivity contribution in [1.29, 1.82) is 0 Å². The highest BCUT2D eigenvalue weighted by Gasteiger charge is 2.74. The molecule has 0 amide bonds. The first-order chi connectivity index (χ1) is 20.5. The molecule has 0 aromatic heterocycles. The van der Waals surface area contributed by atoms with E-state index in [-0.39, 0.29) is 20.8 Å². The molecule has 0 aliphatic rings. The van der Waals surface area contributed by atoms with Crippen LogP contribution in [0.3, 0.4) is 0 Å². The quantitative estimate of drug-likeness (QED) is 0.0862. The van der Waals surface area contributed by atoms with E-state index in [1.807, 2.05) is 0 Å². The van der Waals surface area contributed by atoms with Crippen LogP contribution in [0.25, 0.3) is 0 Å². The summed E-state index contributed by atoms with van der Waals surface area (Å²) in [5.74, 6) is -56.3. The van der Waals surface area contributed by atoms with Crippen molar-refractivity contribution in [2.24, 2.45) is 0 Å². The van der Waals surface area contributed by atoms with Gasteiger partial charge < -0.3 is 0 Å². The van der Waals surface area contributed by atoms with Crippen molar-refractivity contribution in [2.75, 3.05) is 20.0 Å². The van der Waals surface area contributed by atoms with Gasteiger partial charge in [-0.05, 0) is 20.8 Å². The van der Waals surface area contributed by atoms with Gasteiger partial charge in [0.05, 0.1) is 18.3 Å². The third-order valence-corrected chi connectivity index (χ3v) is 7.67. The smallest absolute Gasteiger partial charge is 0.284 e. The third kappa shape index (κ3) is 9.66. The molecular formula is C21H24F21O4P. The summed E-state index contributed by atoms with van der Waals surface area (Å²) in [5.41, 5.74) is 0. The second kappa shape index (κ2) is 14.5. The molecule has 0 bridgehead atoms. The van der Waals surface area contributed by atoms with Crippen molar-refractivity contribution in [1.82, 2.24) is 0 Å². The van der Waals surface area contributed by atoms with E-state index in [9.17, 15) is 96.8 Å². The number of alkyl halides is 21.